The van der Waals surface area contributed by atoms with Crippen molar-refractivity contribution < 1.29 is 9.90 Å². The van der Waals surface area contributed by atoms with Gasteiger partial charge in [0.05, 0.1) is 6.54 Å². The lowest BCUT2D eigenvalue weighted by molar-refractivity contribution is -0.132. The standard InChI is InChI=1S/C9H12N2O2/c1-7(9(12)13)4-6-11-8(2)3-5-10-11/h3-5H,6H2,1-2H3,(H,12,13). The molecule has 1 N–H and O–H groups in total. The summed E-state index contributed by atoms with van der Waals surface area (Å²) >= 11 is 0. The zero-order valence-corrected chi connectivity index (χ0v) is 7.69. The van der Waals surface area contributed by atoms with Crippen molar-refractivity contribution >= 4 is 5.97 Å². The average Bonchev–Trinajstić information content (AvgIpc) is 2.47. The molecule has 0 atom stereocenters. The maximum atomic E-state index is 10.4. The van der Waals surface area contributed by atoms with Crippen molar-refractivity contribution in [3.8, 4) is 0 Å². The second kappa shape index (κ2) is 3.89. The Kier molecular flexibility index (Phi) is 2.84. The van der Waals surface area contributed by atoms with Crippen LogP contribution in [0.4, 0.5) is 0 Å². The molecule has 0 saturated heterocycles. The van der Waals surface area contributed by atoms with Gasteiger partial charge in [-0.25, -0.2) is 4.79 Å². The molecule has 4 heteroatoms. The van der Waals surface area contributed by atoms with E-state index < -0.39 is 5.97 Å². The van der Waals surface area contributed by atoms with Gasteiger partial charge in [0.2, 0.25) is 0 Å². The first-order valence-corrected chi connectivity index (χ1v) is 3.99. The summed E-state index contributed by atoms with van der Waals surface area (Å²) in [6.45, 7) is 4.01. The van der Waals surface area contributed by atoms with Gasteiger partial charge in [0.1, 0.15) is 0 Å². The van der Waals surface area contributed by atoms with Crippen LogP contribution in [-0.2, 0) is 11.3 Å². The summed E-state index contributed by atoms with van der Waals surface area (Å²) in [4.78, 5) is 10.4. The minimum atomic E-state index is -0.884. The predicted octanol–water partition coefficient (Wildman–Crippen LogP) is 1.22. The van der Waals surface area contributed by atoms with Gasteiger partial charge in [0.15, 0.2) is 0 Å². The molecule has 0 bridgehead atoms. The molecule has 1 heterocycles. The highest BCUT2D eigenvalue weighted by Crippen LogP contribution is 1.98. The van der Waals surface area contributed by atoms with E-state index in [-0.39, 0.29) is 0 Å². The van der Waals surface area contributed by atoms with Crippen molar-refractivity contribution in [1.29, 1.82) is 0 Å². The highest BCUT2D eigenvalue weighted by atomic mass is 16.4. The third-order valence-corrected chi connectivity index (χ3v) is 1.84. The lowest BCUT2D eigenvalue weighted by Gasteiger charge is -1.99. The Bertz CT molecular complexity index is 339. The third-order valence-electron chi connectivity index (χ3n) is 1.84. The zero-order valence-electron chi connectivity index (χ0n) is 7.69. The number of allylic oxidation sites excluding steroid dienone is 1. The number of hydrogen-bond donors (Lipinski definition) is 1. The van der Waals surface area contributed by atoms with E-state index in [9.17, 15) is 4.79 Å². The van der Waals surface area contributed by atoms with E-state index in [0.717, 1.165) is 5.69 Å². The van der Waals surface area contributed by atoms with Gasteiger partial charge >= 0.3 is 5.97 Å². The number of aliphatic carboxylic acids is 1. The lowest BCUT2D eigenvalue weighted by Crippen LogP contribution is -2.03. The van der Waals surface area contributed by atoms with E-state index in [1.807, 2.05) is 13.0 Å². The Morgan fingerprint density at radius 3 is 2.92 bits per heavy atom. The molecule has 1 aromatic heterocycles. The Morgan fingerprint density at radius 2 is 2.46 bits per heavy atom. The Balaban J connectivity index is 2.67. The Labute approximate surface area is 76.5 Å². The van der Waals surface area contributed by atoms with E-state index >= 15 is 0 Å². The number of rotatable bonds is 3. The summed E-state index contributed by atoms with van der Waals surface area (Å²) in [5.41, 5.74) is 1.37. The van der Waals surface area contributed by atoms with Crippen LogP contribution < -0.4 is 0 Å². The first-order valence-electron chi connectivity index (χ1n) is 3.99. The largest absolute Gasteiger partial charge is 0.478 e. The van der Waals surface area contributed by atoms with Gasteiger partial charge in [0.25, 0.3) is 0 Å². The summed E-state index contributed by atoms with van der Waals surface area (Å²) < 4.78 is 1.74. The molecule has 1 aromatic rings. The third kappa shape index (κ3) is 2.43. The Morgan fingerprint density at radius 1 is 1.77 bits per heavy atom. The maximum Gasteiger partial charge on any atom is 0.331 e. The van der Waals surface area contributed by atoms with Crippen LogP contribution in [0.15, 0.2) is 23.9 Å². The van der Waals surface area contributed by atoms with Gasteiger partial charge in [-0.2, -0.15) is 5.10 Å². The molecular weight excluding hydrogens is 168 g/mol. The fraction of sp³-hybridized carbons (Fsp3) is 0.333. The van der Waals surface area contributed by atoms with Crippen molar-refractivity contribution in [3.63, 3.8) is 0 Å². The second-order valence-electron chi connectivity index (χ2n) is 2.85. The molecule has 1 rings (SSSR count). The van der Waals surface area contributed by atoms with Crippen molar-refractivity contribution in [1.82, 2.24) is 9.78 Å². The second-order valence-corrected chi connectivity index (χ2v) is 2.85. The normalized spacial score (nSPS) is 11.7. The smallest absolute Gasteiger partial charge is 0.331 e. The van der Waals surface area contributed by atoms with Crippen LogP contribution in [-0.4, -0.2) is 20.9 Å². The molecule has 0 amide bonds. The number of aryl methyl sites for hydroxylation is 1. The topological polar surface area (TPSA) is 55.1 Å². The summed E-state index contributed by atoms with van der Waals surface area (Å²) in [7, 11) is 0. The number of carbonyl (C=O) groups is 1. The monoisotopic (exact) mass is 180 g/mol. The maximum absolute atomic E-state index is 10.4. The molecule has 0 aliphatic heterocycles. The van der Waals surface area contributed by atoms with Crippen LogP contribution in [0.5, 0.6) is 0 Å². The van der Waals surface area contributed by atoms with Crippen molar-refractivity contribution in [3.05, 3.63) is 29.6 Å². The fourth-order valence-corrected chi connectivity index (χ4v) is 0.901. The highest BCUT2D eigenvalue weighted by molar-refractivity contribution is 5.85. The van der Waals surface area contributed by atoms with Gasteiger partial charge < -0.3 is 5.11 Å². The molecule has 0 radical (unpaired) electrons. The molecule has 70 valence electrons. The summed E-state index contributed by atoms with van der Waals surface area (Å²) in [6, 6.07) is 1.88. The van der Waals surface area contributed by atoms with Gasteiger partial charge in [-0.15, -0.1) is 0 Å². The van der Waals surface area contributed by atoms with E-state index in [1.165, 1.54) is 0 Å². The van der Waals surface area contributed by atoms with Gasteiger partial charge in [-0.3, -0.25) is 4.68 Å². The van der Waals surface area contributed by atoms with Crippen molar-refractivity contribution in [2.24, 2.45) is 0 Å². The lowest BCUT2D eigenvalue weighted by atomic mass is 10.3. The van der Waals surface area contributed by atoms with E-state index in [0.29, 0.717) is 12.1 Å². The molecule has 0 unspecified atom stereocenters. The molecule has 0 aromatic carbocycles. The fourth-order valence-electron chi connectivity index (χ4n) is 0.901. The van der Waals surface area contributed by atoms with Crippen molar-refractivity contribution in [2.75, 3.05) is 0 Å². The van der Waals surface area contributed by atoms with Crippen LogP contribution in [0.2, 0.25) is 0 Å². The molecule has 0 aliphatic rings. The number of hydrogen-bond acceptors (Lipinski definition) is 2. The summed E-state index contributed by atoms with van der Waals surface area (Å²) in [5.74, 6) is -0.884. The molecule has 4 nitrogen and oxygen atoms in total. The SMILES string of the molecule is CC(=CCn1nccc1C)C(=O)O. The number of nitrogens with zero attached hydrogens (tertiary/aromatic N) is 2. The van der Waals surface area contributed by atoms with E-state index in [1.54, 1.807) is 23.9 Å². The number of carboxylic acid groups (broad SMARTS) is 1. The summed E-state index contributed by atoms with van der Waals surface area (Å²) in [6.07, 6.45) is 3.33. The molecular formula is C9H12N2O2. The quantitative estimate of drug-likeness (QED) is 0.711. The summed E-state index contributed by atoms with van der Waals surface area (Å²) in [5, 5.41) is 12.6. The Hall–Kier alpha value is -1.58. The molecule has 13 heavy (non-hydrogen) atoms. The van der Waals surface area contributed by atoms with Crippen LogP contribution in [0.1, 0.15) is 12.6 Å². The molecule has 0 fully saturated rings. The predicted molar refractivity (Wildman–Crippen MR) is 48.4 cm³/mol. The zero-order chi connectivity index (χ0) is 9.84. The first-order chi connectivity index (χ1) is 6.11. The van der Waals surface area contributed by atoms with Gasteiger partial charge in [-0.1, -0.05) is 6.08 Å². The van der Waals surface area contributed by atoms with Crippen LogP contribution >= 0.6 is 0 Å². The van der Waals surface area contributed by atoms with Crippen LogP contribution in [0, 0.1) is 6.92 Å². The highest BCUT2D eigenvalue weighted by Gasteiger charge is 1.99. The average molecular weight is 180 g/mol. The van der Waals surface area contributed by atoms with Crippen LogP contribution in [0.3, 0.4) is 0 Å². The minimum absolute atomic E-state index is 0.343. The number of aromatic nitrogens is 2. The van der Waals surface area contributed by atoms with E-state index in [4.69, 9.17) is 5.11 Å². The van der Waals surface area contributed by atoms with Crippen LogP contribution in [0.25, 0.3) is 0 Å². The molecule has 0 aliphatic carbocycles. The van der Waals surface area contributed by atoms with Crippen molar-refractivity contribution in [2.45, 2.75) is 20.4 Å². The minimum Gasteiger partial charge on any atom is -0.478 e. The first kappa shape index (κ1) is 9.51. The van der Waals surface area contributed by atoms with Gasteiger partial charge in [-0.05, 0) is 19.9 Å². The molecule has 0 spiro atoms. The van der Waals surface area contributed by atoms with Gasteiger partial charge in [0, 0.05) is 17.5 Å². The molecule has 0 saturated carbocycles. The number of carboxylic acids is 1. The van der Waals surface area contributed by atoms with E-state index in [2.05, 4.69) is 5.10 Å².